The summed E-state index contributed by atoms with van der Waals surface area (Å²) < 4.78 is 5.21. The fourth-order valence-corrected chi connectivity index (χ4v) is 3.10. The summed E-state index contributed by atoms with van der Waals surface area (Å²) in [5.41, 5.74) is 1.89. The van der Waals surface area contributed by atoms with Gasteiger partial charge in [0.05, 0.1) is 13.5 Å². The number of hydrogen-bond acceptors (Lipinski definition) is 3. The Balaban J connectivity index is 2.26. The van der Waals surface area contributed by atoms with Gasteiger partial charge in [-0.1, -0.05) is 49.4 Å². The molecule has 0 fully saturated rings. The minimum atomic E-state index is -0.513. The number of carbonyl (C=O) groups is 2. The maximum absolute atomic E-state index is 13.2. The second-order valence-corrected chi connectivity index (χ2v) is 7.12. The van der Waals surface area contributed by atoms with Crippen molar-refractivity contribution in [2.45, 2.75) is 52.2 Å². The molecule has 1 N–H and O–H groups in total. The Morgan fingerprint density at radius 1 is 1.00 bits per heavy atom. The molecule has 0 saturated heterocycles. The van der Waals surface area contributed by atoms with Crippen molar-refractivity contribution in [3.8, 4) is 5.75 Å². The second-order valence-electron chi connectivity index (χ2n) is 7.12. The van der Waals surface area contributed by atoms with Crippen molar-refractivity contribution in [1.29, 1.82) is 0 Å². The number of benzene rings is 2. The highest BCUT2D eigenvalue weighted by Crippen LogP contribution is 2.17. The highest BCUT2D eigenvalue weighted by molar-refractivity contribution is 5.88. The van der Waals surface area contributed by atoms with Crippen LogP contribution in [0.5, 0.6) is 5.75 Å². The van der Waals surface area contributed by atoms with E-state index in [1.54, 1.807) is 12.0 Å². The number of methoxy groups -OCH3 is 1. The van der Waals surface area contributed by atoms with Crippen LogP contribution in [0.25, 0.3) is 0 Å². The van der Waals surface area contributed by atoms with E-state index >= 15 is 0 Å². The van der Waals surface area contributed by atoms with Crippen LogP contribution in [-0.4, -0.2) is 35.9 Å². The van der Waals surface area contributed by atoms with Gasteiger partial charge in [0.25, 0.3) is 0 Å². The van der Waals surface area contributed by atoms with E-state index in [-0.39, 0.29) is 24.3 Å². The molecule has 5 heteroatoms. The van der Waals surface area contributed by atoms with Gasteiger partial charge in [0, 0.05) is 12.6 Å². The number of ether oxygens (including phenoxy) is 1. The summed E-state index contributed by atoms with van der Waals surface area (Å²) in [6.45, 7) is 6.15. The Labute approximate surface area is 167 Å². The van der Waals surface area contributed by atoms with Gasteiger partial charge in [-0.25, -0.2) is 0 Å². The van der Waals surface area contributed by atoms with Crippen molar-refractivity contribution >= 4 is 11.8 Å². The van der Waals surface area contributed by atoms with Crippen LogP contribution in [-0.2, 0) is 22.6 Å². The molecule has 2 aromatic rings. The molecule has 0 saturated carbocycles. The highest BCUT2D eigenvalue weighted by Gasteiger charge is 2.28. The minimum absolute atomic E-state index is 0.0219. The molecule has 1 atom stereocenters. The highest BCUT2D eigenvalue weighted by atomic mass is 16.5. The second kappa shape index (κ2) is 10.5. The molecule has 2 amide bonds. The standard InChI is InChI=1S/C23H30N2O3/c1-5-21(23(27)24-17(2)3)25(16-19-11-13-20(28-4)14-12-19)22(26)15-18-9-7-6-8-10-18/h6-14,17,21H,5,15-16H2,1-4H3,(H,24,27)/t21-/m0/s1. The smallest absolute Gasteiger partial charge is 0.243 e. The van der Waals surface area contributed by atoms with E-state index in [0.29, 0.717) is 13.0 Å². The molecule has 2 aromatic carbocycles. The van der Waals surface area contributed by atoms with E-state index in [2.05, 4.69) is 5.32 Å². The summed E-state index contributed by atoms with van der Waals surface area (Å²) in [6, 6.07) is 16.7. The van der Waals surface area contributed by atoms with E-state index in [1.807, 2.05) is 75.4 Å². The van der Waals surface area contributed by atoms with E-state index in [4.69, 9.17) is 4.74 Å². The molecule has 0 spiro atoms. The minimum Gasteiger partial charge on any atom is -0.497 e. The molecule has 0 aliphatic rings. The first-order chi connectivity index (χ1) is 13.4. The van der Waals surface area contributed by atoms with E-state index in [0.717, 1.165) is 16.9 Å². The monoisotopic (exact) mass is 382 g/mol. The average Bonchev–Trinajstić information content (AvgIpc) is 2.68. The summed E-state index contributed by atoms with van der Waals surface area (Å²) in [5.74, 6) is 0.579. The lowest BCUT2D eigenvalue weighted by molar-refractivity contribution is -0.141. The van der Waals surface area contributed by atoms with Gasteiger partial charge < -0.3 is 15.0 Å². The molecule has 5 nitrogen and oxygen atoms in total. The molecule has 28 heavy (non-hydrogen) atoms. The van der Waals surface area contributed by atoms with Crippen molar-refractivity contribution in [1.82, 2.24) is 10.2 Å². The fraction of sp³-hybridized carbons (Fsp3) is 0.391. The van der Waals surface area contributed by atoms with Gasteiger partial charge in [-0.15, -0.1) is 0 Å². The van der Waals surface area contributed by atoms with Crippen molar-refractivity contribution < 1.29 is 14.3 Å². The Hall–Kier alpha value is -2.82. The third-order valence-corrected chi connectivity index (χ3v) is 4.53. The maximum atomic E-state index is 13.2. The Morgan fingerprint density at radius 2 is 1.64 bits per heavy atom. The zero-order valence-electron chi connectivity index (χ0n) is 17.1. The number of carbonyl (C=O) groups excluding carboxylic acids is 2. The average molecular weight is 383 g/mol. The van der Waals surface area contributed by atoms with Crippen molar-refractivity contribution in [2.24, 2.45) is 0 Å². The van der Waals surface area contributed by atoms with Gasteiger partial charge in [0.2, 0.25) is 11.8 Å². The van der Waals surface area contributed by atoms with Crippen LogP contribution in [0.2, 0.25) is 0 Å². The first-order valence-corrected chi connectivity index (χ1v) is 9.71. The Kier molecular flexibility index (Phi) is 8.05. The third kappa shape index (κ3) is 6.12. The van der Waals surface area contributed by atoms with E-state index < -0.39 is 6.04 Å². The zero-order chi connectivity index (χ0) is 20.5. The number of amides is 2. The molecule has 150 valence electrons. The SMILES string of the molecule is CC[C@@H](C(=O)NC(C)C)N(Cc1ccc(OC)cc1)C(=O)Cc1ccccc1. The van der Waals surface area contributed by atoms with Crippen LogP contribution in [0.1, 0.15) is 38.3 Å². The lowest BCUT2D eigenvalue weighted by Crippen LogP contribution is -2.50. The van der Waals surface area contributed by atoms with Crippen LogP contribution in [0, 0.1) is 0 Å². The van der Waals surface area contributed by atoms with Crippen molar-refractivity contribution in [3.63, 3.8) is 0 Å². The largest absolute Gasteiger partial charge is 0.497 e. The van der Waals surface area contributed by atoms with Crippen molar-refractivity contribution in [3.05, 3.63) is 65.7 Å². The number of nitrogens with zero attached hydrogens (tertiary/aromatic N) is 1. The van der Waals surface area contributed by atoms with Gasteiger partial charge in [0.1, 0.15) is 11.8 Å². The molecular formula is C23H30N2O3. The Bertz CT molecular complexity index is 757. The molecule has 2 rings (SSSR count). The van der Waals surface area contributed by atoms with Gasteiger partial charge >= 0.3 is 0 Å². The number of nitrogens with one attached hydrogen (secondary N) is 1. The summed E-state index contributed by atoms with van der Waals surface area (Å²) in [6.07, 6.45) is 0.817. The maximum Gasteiger partial charge on any atom is 0.243 e. The van der Waals surface area contributed by atoms with E-state index in [1.165, 1.54) is 0 Å². The molecule has 0 aliphatic heterocycles. The molecule has 0 aliphatic carbocycles. The number of hydrogen-bond donors (Lipinski definition) is 1. The van der Waals surface area contributed by atoms with Gasteiger partial charge in [-0.2, -0.15) is 0 Å². The molecule has 0 bridgehead atoms. The van der Waals surface area contributed by atoms with Crippen LogP contribution >= 0.6 is 0 Å². The molecule has 0 unspecified atom stereocenters. The van der Waals surface area contributed by atoms with Crippen LogP contribution in [0.4, 0.5) is 0 Å². The van der Waals surface area contributed by atoms with Crippen molar-refractivity contribution in [2.75, 3.05) is 7.11 Å². The summed E-state index contributed by atoms with van der Waals surface area (Å²) in [4.78, 5) is 27.6. The summed E-state index contributed by atoms with van der Waals surface area (Å²) in [5, 5.41) is 2.94. The predicted octanol–water partition coefficient (Wildman–Crippen LogP) is 3.57. The van der Waals surface area contributed by atoms with Crippen LogP contribution < -0.4 is 10.1 Å². The number of rotatable bonds is 9. The third-order valence-electron chi connectivity index (χ3n) is 4.53. The fourth-order valence-electron chi connectivity index (χ4n) is 3.10. The van der Waals surface area contributed by atoms with Gasteiger partial charge in [0.15, 0.2) is 0 Å². The topological polar surface area (TPSA) is 58.6 Å². The van der Waals surface area contributed by atoms with Gasteiger partial charge in [-0.3, -0.25) is 9.59 Å². The first kappa shape index (κ1) is 21.5. The summed E-state index contributed by atoms with van der Waals surface area (Å²) in [7, 11) is 1.62. The van der Waals surface area contributed by atoms with Gasteiger partial charge in [-0.05, 0) is 43.5 Å². The summed E-state index contributed by atoms with van der Waals surface area (Å²) >= 11 is 0. The molecule has 0 radical (unpaired) electrons. The molecular weight excluding hydrogens is 352 g/mol. The van der Waals surface area contributed by atoms with Crippen LogP contribution in [0.3, 0.4) is 0 Å². The Morgan fingerprint density at radius 3 is 2.18 bits per heavy atom. The lowest BCUT2D eigenvalue weighted by atomic mass is 10.1. The molecule has 0 heterocycles. The zero-order valence-corrected chi connectivity index (χ0v) is 17.1. The normalized spacial score (nSPS) is 11.8. The van der Waals surface area contributed by atoms with Crippen LogP contribution in [0.15, 0.2) is 54.6 Å². The first-order valence-electron chi connectivity index (χ1n) is 9.71. The molecule has 0 aromatic heterocycles. The lowest BCUT2D eigenvalue weighted by Gasteiger charge is -2.31. The van der Waals surface area contributed by atoms with E-state index in [9.17, 15) is 9.59 Å². The predicted molar refractivity (Wildman–Crippen MR) is 111 cm³/mol. The quantitative estimate of drug-likeness (QED) is 0.721.